The predicted molar refractivity (Wildman–Crippen MR) is 48.9 cm³/mol. The monoisotopic (exact) mass is 259 g/mol. The first-order chi connectivity index (χ1) is 7.26. The Morgan fingerprint density at radius 3 is 2.31 bits per heavy atom. The van der Waals surface area contributed by atoms with E-state index < -0.39 is 45.1 Å². The summed E-state index contributed by atoms with van der Waals surface area (Å²) in [6.07, 6.45) is -5.78. The van der Waals surface area contributed by atoms with E-state index in [4.69, 9.17) is 25.4 Å². The van der Waals surface area contributed by atoms with E-state index in [0.29, 0.717) is 0 Å². The van der Waals surface area contributed by atoms with Crippen molar-refractivity contribution in [3.8, 4) is 0 Å². The maximum Gasteiger partial charge on any atom is 0.471 e. The first-order valence-electron chi connectivity index (χ1n) is 4.38. The van der Waals surface area contributed by atoms with Crippen LogP contribution in [0.5, 0.6) is 0 Å². The van der Waals surface area contributed by atoms with Crippen molar-refractivity contribution < 1.29 is 38.9 Å². The Hall–Kier alpha value is -0.0900. The normalized spacial score (nSPS) is 41.0. The van der Waals surface area contributed by atoms with Crippen molar-refractivity contribution in [2.75, 3.05) is 6.61 Å². The van der Waals surface area contributed by atoms with Crippen molar-refractivity contribution in [2.24, 2.45) is 5.73 Å². The van der Waals surface area contributed by atoms with Gasteiger partial charge in [0.05, 0.1) is 12.6 Å². The van der Waals surface area contributed by atoms with Crippen molar-refractivity contribution in [3.05, 3.63) is 0 Å². The second-order valence-corrected chi connectivity index (χ2v) is 4.57. The average molecular weight is 259 g/mol. The van der Waals surface area contributed by atoms with Crippen LogP contribution in [0.3, 0.4) is 0 Å². The highest BCUT2D eigenvalue weighted by Gasteiger charge is 2.45. The Balaban J connectivity index is 2.75. The summed E-state index contributed by atoms with van der Waals surface area (Å²) in [5, 5.41) is 27.6. The molecule has 0 radical (unpaired) electrons. The molecule has 1 saturated heterocycles. The zero-order chi connectivity index (χ0) is 12.5. The summed E-state index contributed by atoms with van der Waals surface area (Å²) in [5.41, 5.74) is 5.35. The van der Waals surface area contributed by atoms with Crippen LogP contribution in [0.2, 0.25) is 0 Å². The van der Waals surface area contributed by atoms with E-state index in [9.17, 15) is 14.8 Å². The SMILES string of the molecule is NC1[C@@H](OP(=O)(O)O)OC(CO)[C@H](O)[C@@H]1O. The van der Waals surface area contributed by atoms with Crippen LogP contribution in [-0.4, -0.2) is 62.4 Å². The van der Waals surface area contributed by atoms with Gasteiger partial charge in [-0.15, -0.1) is 0 Å². The lowest BCUT2D eigenvalue weighted by molar-refractivity contribution is -0.242. The molecule has 1 aliphatic heterocycles. The summed E-state index contributed by atoms with van der Waals surface area (Å²) in [6.45, 7) is -0.647. The minimum Gasteiger partial charge on any atom is -0.394 e. The molecule has 0 bridgehead atoms. The molecule has 5 atom stereocenters. The van der Waals surface area contributed by atoms with Gasteiger partial charge in [0, 0.05) is 0 Å². The van der Waals surface area contributed by atoms with Crippen molar-refractivity contribution >= 4 is 7.82 Å². The van der Waals surface area contributed by atoms with Gasteiger partial charge in [0.2, 0.25) is 0 Å². The molecule has 9 nitrogen and oxygen atoms in total. The van der Waals surface area contributed by atoms with E-state index in [2.05, 4.69) is 4.52 Å². The van der Waals surface area contributed by atoms with E-state index in [-0.39, 0.29) is 0 Å². The van der Waals surface area contributed by atoms with Crippen LogP contribution < -0.4 is 5.73 Å². The fourth-order valence-electron chi connectivity index (χ4n) is 1.33. The van der Waals surface area contributed by atoms with Gasteiger partial charge in [-0.25, -0.2) is 4.57 Å². The molecule has 96 valence electrons. The minimum atomic E-state index is -4.83. The highest BCUT2D eigenvalue weighted by molar-refractivity contribution is 7.46. The minimum absolute atomic E-state index is 0.647. The molecule has 0 saturated carbocycles. The molecule has 16 heavy (non-hydrogen) atoms. The van der Waals surface area contributed by atoms with E-state index in [1.54, 1.807) is 0 Å². The second-order valence-electron chi connectivity index (χ2n) is 3.38. The van der Waals surface area contributed by atoms with Crippen LogP contribution in [0, 0.1) is 0 Å². The predicted octanol–water partition coefficient (Wildman–Crippen LogP) is -3.14. The molecular formula is C6H14NO8P. The maximum absolute atomic E-state index is 10.6. The largest absolute Gasteiger partial charge is 0.471 e. The fraction of sp³-hybridized carbons (Fsp3) is 1.00. The van der Waals surface area contributed by atoms with E-state index in [0.717, 1.165) is 0 Å². The Morgan fingerprint density at radius 2 is 1.88 bits per heavy atom. The summed E-state index contributed by atoms with van der Waals surface area (Å²) in [7, 11) is -4.83. The fourth-order valence-corrected chi connectivity index (χ4v) is 1.79. The Kier molecular flexibility index (Phi) is 4.41. The van der Waals surface area contributed by atoms with Gasteiger partial charge in [0.15, 0.2) is 6.29 Å². The standard InChI is InChI=1S/C6H14NO8P/c7-3-5(10)4(9)2(1-8)14-6(3)15-16(11,12)13/h2-6,8-10H,1,7H2,(H2,11,12,13)/t2?,3?,4-,5+,6+/m0/s1. The summed E-state index contributed by atoms with van der Waals surface area (Å²) in [6, 6.07) is -1.33. The highest BCUT2D eigenvalue weighted by Crippen LogP contribution is 2.40. The number of nitrogens with two attached hydrogens (primary N) is 1. The number of hydrogen-bond acceptors (Lipinski definition) is 7. The van der Waals surface area contributed by atoms with Crippen LogP contribution in [0.1, 0.15) is 0 Å². The van der Waals surface area contributed by atoms with Gasteiger partial charge in [-0.05, 0) is 0 Å². The van der Waals surface area contributed by atoms with Gasteiger partial charge >= 0.3 is 7.82 Å². The molecule has 0 aliphatic carbocycles. The lowest BCUT2D eigenvalue weighted by Gasteiger charge is -2.40. The molecule has 10 heteroatoms. The van der Waals surface area contributed by atoms with Gasteiger partial charge in [-0.2, -0.15) is 0 Å². The number of phosphoric acid groups is 1. The maximum atomic E-state index is 10.6. The Labute approximate surface area is 90.6 Å². The first kappa shape index (κ1) is 14.0. The average Bonchev–Trinajstić information content (AvgIpc) is 2.17. The van der Waals surface area contributed by atoms with E-state index in [1.807, 2.05) is 0 Å². The molecule has 1 rings (SSSR count). The number of phosphoric ester groups is 1. The highest BCUT2D eigenvalue weighted by atomic mass is 31.2. The van der Waals surface area contributed by atoms with Gasteiger partial charge in [-0.3, -0.25) is 4.52 Å². The molecule has 1 aliphatic rings. The van der Waals surface area contributed by atoms with Crippen molar-refractivity contribution in [2.45, 2.75) is 30.6 Å². The van der Waals surface area contributed by atoms with Crippen molar-refractivity contribution in [1.29, 1.82) is 0 Å². The third kappa shape index (κ3) is 3.20. The van der Waals surface area contributed by atoms with Crippen LogP contribution >= 0.6 is 7.82 Å². The van der Waals surface area contributed by atoms with Crippen molar-refractivity contribution in [1.82, 2.24) is 0 Å². The number of hydrogen-bond donors (Lipinski definition) is 6. The zero-order valence-electron chi connectivity index (χ0n) is 8.08. The first-order valence-corrected chi connectivity index (χ1v) is 5.91. The molecule has 0 aromatic heterocycles. The topological polar surface area (TPSA) is 163 Å². The summed E-state index contributed by atoms with van der Waals surface area (Å²) >= 11 is 0. The van der Waals surface area contributed by atoms with Gasteiger partial charge < -0.3 is 35.6 Å². The van der Waals surface area contributed by atoms with Gasteiger partial charge in [0.1, 0.15) is 18.3 Å². The Morgan fingerprint density at radius 1 is 1.31 bits per heavy atom. The summed E-state index contributed by atoms with van der Waals surface area (Å²) < 4.78 is 19.5. The van der Waals surface area contributed by atoms with Gasteiger partial charge in [-0.1, -0.05) is 0 Å². The number of rotatable bonds is 3. The smallest absolute Gasteiger partial charge is 0.394 e. The molecule has 0 aromatic carbocycles. The molecule has 2 unspecified atom stereocenters. The third-order valence-electron chi connectivity index (χ3n) is 2.17. The summed E-state index contributed by atoms with van der Waals surface area (Å²) in [5.74, 6) is 0. The molecule has 0 amide bonds. The van der Waals surface area contributed by atoms with E-state index in [1.165, 1.54) is 0 Å². The lowest BCUT2D eigenvalue weighted by atomic mass is 9.98. The number of aliphatic hydroxyl groups is 3. The summed E-state index contributed by atoms with van der Waals surface area (Å²) in [4.78, 5) is 17.1. The molecular weight excluding hydrogens is 245 g/mol. The van der Waals surface area contributed by atoms with Crippen LogP contribution in [0.4, 0.5) is 0 Å². The van der Waals surface area contributed by atoms with Crippen LogP contribution in [-0.2, 0) is 13.8 Å². The third-order valence-corrected chi connectivity index (χ3v) is 2.65. The Bertz CT molecular complexity index is 280. The number of aliphatic hydroxyl groups excluding tert-OH is 3. The quantitative estimate of drug-likeness (QED) is 0.287. The van der Waals surface area contributed by atoms with Crippen LogP contribution in [0.25, 0.3) is 0 Å². The van der Waals surface area contributed by atoms with E-state index >= 15 is 0 Å². The molecule has 0 aromatic rings. The zero-order valence-corrected chi connectivity index (χ0v) is 8.97. The van der Waals surface area contributed by atoms with Gasteiger partial charge in [0.25, 0.3) is 0 Å². The molecule has 1 heterocycles. The molecule has 1 fully saturated rings. The second kappa shape index (κ2) is 5.05. The lowest BCUT2D eigenvalue weighted by Crippen LogP contribution is -2.62. The van der Waals surface area contributed by atoms with Crippen molar-refractivity contribution in [3.63, 3.8) is 0 Å². The number of ether oxygens (including phenoxy) is 1. The molecule has 0 spiro atoms. The van der Waals surface area contributed by atoms with Crippen LogP contribution in [0.15, 0.2) is 0 Å². The molecule has 7 N–H and O–H groups in total.